The number of nitrogens with zero attached hydrogens (tertiary/aromatic N) is 1. The molecule has 0 fully saturated rings. The number of hydrogen-bond donors (Lipinski definition) is 1. The molecule has 0 bridgehead atoms. The van der Waals surface area contributed by atoms with Crippen LogP contribution in [-0.2, 0) is 20.2 Å². The molecule has 0 amide bonds. The molecule has 0 saturated carbocycles. The van der Waals surface area contributed by atoms with E-state index < -0.39 is 5.85 Å². The SMILES string of the molecule is CCCCCCCCCCCCCCCCCC(=O)OC(C=O)(NCC)[n+]1ccccc1. The van der Waals surface area contributed by atoms with Gasteiger partial charge in [0.1, 0.15) is 0 Å². The Bertz CT molecular complexity index is 594. The van der Waals surface area contributed by atoms with Gasteiger partial charge in [0, 0.05) is 25.1 Å². The molecule has 0 aromatic carbocycles. The Morgan fingerprint density at radius 2 is 1.25 bits per heavy atom. The molecule has 182 valence electrons. The first-order valence-electron chi connectivity index (χ1n) is 13.1. The van der Waals surface area contributed by atoms with Crippen molar-refractivity contribution in [1.29, 1.82) is 0 Å². The maximum absolute atomic E-state index is 12.4. The molecule has 0 spiro atoms. The van der Waals surface area contributed by atoms with Gasteiger partial charge in [-0.15, -0.1) is 4.57 Å². The fourth-order valence-electron chi connectivity index (χ4n) is 4.05. The number of unbranched alkanes of at least 4 members (excludes halogenated alkanes) is 14. The van der Waals surface area contributed by atoms with Crippen LogP contribution >= 0.6 is 0 Å². The summed E-state index contributed by atoms with van der Waals surface area (Å²) in [6.07, 6.45) is 23.8. The van der Waals surface area contributed by atoms with E-state index in [1.54, 1.807) is 29.1 Å². The van der Waals surface area contributed by atoms with E-state index in [0.717, 1.165) is 19.3 Å². The summed E-state index contributed by atoms with van der Waals surface area (Å²) in [5.41, 5.74) is 0. The molecule has 1 N–H and O–H groups in total. The lowest BCUT2D eigenvalue weighted by atomic mass is 10.0. The van der Waals surface area contributed by atoms with Crippen LogP contribution in [0.4, 0.5) is 0 Å². The molecule has 1 unspecified atom stereocenters. The molecule has 1 aromatic rings. The molecule has 5 heteroatoms. The standard InChI is InChI=1S/C27H47N2O3/c1-3-5-6-7-8-9-10-11-12-13-14-15-16-17-19-22-26(31)32-27(25-30,28-4-2)29-23-20-18-21-24-29/h18,20-21,23-25,28H,3-17,19,22H2,1-2H3/q+1. The zero-order chi connectivity index (χ0) is 23.3. The number of rotatable bonds is 21. The van der Waals surface area contributed by atoms with Crippen LogP contribution in [0.15, 0.2) is 30.6 Å². The summed E-state index contributed by atoms with van der Waals surface area (Å²) in [4.78, 5) is 24.2. The summed E-state index contributed by atoms with van der Waals surface area (Å²) in [6.45, 7) is 4.65. The molecule has 0 aliphatic rings. The van der Waals surface area contributed by atoms with Crippen molar-refractivity contribution >= 4 is 12.3 Å². The molecular weight excluding hydrogens is 400 g/mol. The Hall–Kier alpha value is -1.75. The second-order valence-electron chi connectivity index (χ2n) is 8.80. The summed E-state index contributed by atoms with van der Waals surface area (Å²) in [7, 11) is 0. The second-order valence-corrected chi connectivity index (χ2v) is 8.80. The van der Waals surface area contributed by atoms with Gasteiger partial charge in [0.2, 0.25) is 0 Å². The second kappa shape index (κ2) is 18.8. The van der Waals surface area contributed by atoms with E-state index in [1.165, 1.54) is 77.0 Å². The van der Waals surface area contributed by atoms with Gasteiger partial charge < -0.3 is 4.74 Å². The van der Waals surface area contributed by atoms with Crippen LogP contribution < -0.4 is 9.88 Å². The maximum atomic E-state index is 12.4. The van der Waals surface area contributed by atoms with E-state index in [1.807, 2.05) is 13.0 Å². The van der Waals surface area contributed by atoms with Crippen molar-refractivity contribution in [3.05, 3.63) is 30.6 Å². The zero-order valence-electron chi connectivity index (χ0n) is 20.7. The highest BCUT2D eigenvalue weighted by Gasteiger charge is 2.43. The van der Waals surface area contributed by atoms with Crippen molar-refractivity contribution in [3.63, 3.8) is 0 Å². The third-order valence-corrected chi connectivity index (χ3v) is 5.94. The third-order valence-electron chi connectivity index (χ3n) is 5.94. The van der Waals surface area contributed by atoms with Crippen LogP contribution in [-0.4, -0.2) is 18.8 Å². The van der Waals surface area contributed by atoms with Crippen molar-refractivity contribution in [2.75, 3.05) is 6.54 Å². The topological polar surface area (TPSA) is 59.3 Å². The molecule has 0 aliphatic heterocycles. The number of likely N-dealkylation sites (N-methyl/N-ethyl adjacent to an activating group) is 1. The number of nitrogens with one attached hydrogen (secondary N) is 1. The molecule has 1 heterocycles. The molecule has 0 saturated heterocycles. The number of esters is 1. The van der Waals surface area contributed by atoms with Gasteiger partial charge in [-0.25, -0.2) is 5.32 Å². The normalized spacial score (nSPS) is 12.9. The third kappa shape index (κ3) is 12.3. The number of pyridine rings is 1. The molecule has 1 aromatic heterocycles. The van der Waals surface area contributed by atoms with Crippen molar-refractivity contribution in [2.45, 2.75) is 122 Å². The quantitative estimate of drug-likeness (QED) is 0.0801. The lowest BCUT2D eigenvalue weighted by Gasteiger charge is -2.22. The fraction of sp³-hybridized carbons (Fsp3) is 0.741. The summed E-state index contributed by atoms with van der Waals surface area (Å²) in [6, 6.07) is 5.46. The van der Waals surface area contributed by atoms with Crippen LogP contribution in [0.2, 0.25) is 0 Å². The minimum atomic E-state index is -1.47. The van der Waals surface area contributed by atoms with E-state index >= 15 is 0 Å². The molecule has 5 nitrogen and oxygen atoms in total. The summed E-state index contributed by atoms with van der Waals surface area (Å²) in [5.74, 6) is -1.81. The molecule has 1 atom stereocenters. The Morgan fingerprint density at radius 3 is 1.69 bits per heavy atom. The zero-order valence-corrected chi connectivity index (χ0v) is 20.7. The number of carbonyl (C=O) groups is 2. The molecule has 1 rings (SSSR count). The summed E-state index contributed by atoms with van der Waals surface area (Å²) in [5, 5.41) is 3.00. The van der Waals surface area contributed by atoms with Crippen molar-refractivity contribution in [3.8, 4) is 0 Å². The van der Waals surface area contributed by atoms with Crippen molar-refractivity contribution in [1.82, 2.24) is 5.32 Å². The first kappa shape index (κ1) is 28.3. The summed E-state index contributed by atoms with van der Waals surface area (Å²) < 4.78 is 7.17. The van der Waals surface area contributed by atoms with Gasteiger partial charge in [-0.2, -0.15) is 0 Å². The first-order valence-corrected chi connectivity index (χ1v) is 13.1. The lowest BCUT2D eigenvalue weighted by Crippen LogP contribution is -2.67. The Balaban J connectivity index is 2.08. The van der Waals surface area contributed by atoms with Crippen LogP contribution in [0.3, 0.4) is 0 Å². The van der Waals surface area contributed by atoms with Gasteiger partial charge >= 0.3 is 11.8 Å². The Kier molecular flexibility index (Phi) is 16.6. The van der Waals surface area contributed by atoms with E-state index in [4.69, 9.17) is 4.74 Å². The summed E-state index contributed by atoms with van der Waals surface area (Å²) >= 11 is 0. The smallest absolute Gasteiger partial charge is 0.380 e. The van der Waals surface area contributed by atoms with Gasteiger partial charge in [-0.3, -0.25) is 9.59 Å². The Labute approximate surface area is 196 Å². The van der Waals surface area contributed by atoms with E-state index in [2.05, 4.69) is 12.2 Å². The van der Waals surface area contributed by atoms with Crippen LogP contribution in [0.1, 0.15) is 117 Å². The van der Waals surface area contributed by atoms with Crippen molar-refractivity contribution in [2.24, 2.45) is 0 Å². The molecule has 0 aliphatic carbocycles. The minimum Gasteiger partial charge on any atom is -0.380 e. The van der Waals surface area contributed by atoms with E-state index in [0.29, 0.717) is 19.3 Å². The Morgan fingerprint density at radius 1 is 0.781 bits per heavy atom. The van der Waals surface area contributed by atoms with Gasteiger partial charge in [-0.1, -0.05) is 110 Å². The number of ether oxygens (including phenoxy) is 1. The minimum absolute atomic E-state index is 0.340. The monoisotopic (exact) mass is 447 g/mol. The average Bonchev–Trinajstić information content (AvgIpc) is 2.81. The number of aromatic nitrogens is 1. The van der Waals surface area contributed by atoms with Crippen molar-refractivity contribution < 1.29 is 18.9 Å². The predicted octanol–water partition coefficient (Wildman–Crippen LogP) is 6.20. The number of hydrogen-bond acceptors (Lipinski definition) is 4. The fourth-order valence-corrected chi connectivity index (χ4v) is 4.05. The highest BCUT2D eigenvalue weighted by atomic mass is 16.6. The molecular formula is C27H47N2O3+. The number of aldehydes is 1. The van der Waals surface area contributed by atoms with Gasteiger partial charge in [0.05, 0.1) is 0 Å². The van der Waals surface area contributed by atoms with E-state index in [9.17, 15) is 9.59 Å². The molecule has 32 heavy (non-hydrogen) atoms. The van der Waals surface area contributed by atoms with E-state index in [-0.39, 0.29) is 5.97 Å². The van der Waals surface area contributed by atoms with Gasteiger partial charge in [0.25, 0.3) is 6.29 Å². The molecule has 0 radical (unpaired) electrons. The highest BCUT2D eigenvalue weighted by molar-refractivity contribution is 5.72. The lowest BCUT2D eigenvalue weighted by molar-refractivity contribution is -0.790. The van der Waals surface area contributed by atoms with Crippen LogP contribution in [0.5, 0.6) is 0 Å². The largest absolute Gasteiger partial charge is 0.436 e. The van der Waals surface area contributed by atoms with Crippen LogP contribution in [0, 0.1) is 0 Å². The van der Waals surface area contributed by atoms with Crippen LogP contribution in [0.25, 0.3) is 0 Å². The van der Waals surface area contributed by atoms with Gasteiger partial charge in [0.15, 0.2) is 12.4 Å². The first-order chi connectivity index (χ1) is 15.7. The maximum Gasteiger partial charge on any atom is 0.436 e. The average molecular weight is 448 g/mol. The van der Waals surface area contributed by atoms with Gasteiger partial charge in [-0.05, 0) is 6.42 Å². The highest BCUT2D eigenvalue weighted by Crippen LogP contribution is 2.14. The predicted molar refractivity (Wildman–Crippen MR) is 130 cm³/mol. The number of carbonyl (C=O) groups excluding carboxylic acids is 2.